The van der Waals surface area contributed by atoms with Gasteiger partial charge in [-0.25, -0.2) is 9.78 Å². The first-order valence-corrected chi connectivity index (χ1v) is 10.4. The summed E-state index contributed by atoms with van der Waals surface area (Å²) in [5, 5.41) is 0. The number of anilines is 2. The Labute approximate surface area is 177 Å². The first-order chi connectivity index (χ1) is 14.3. The van der Waals surface area contributed by atoms with Crippen molar-refractivity contribution >= 4 is 23.5 Å². The minimum atomic E-state index is -0.333. The van der Waals surface area contributed by atoms with Crippen molar-refractivity contribution in [1.82, 2.24) is 9.88 Å². The zero-order chi connectivity index (χ0) is 21.4. The molecule has 2 aliphatic rings. The maximum absolute atomic E-state index is 13.1. The van der Waals surface area contributed by atoms with Crippen molar-refractivity contribution in [1.29, 1.82) is 0 Å². The Kier molecular flexibility index (Phi) is 5.37. The Morgan fingerprint density at radius 1 is 1.07 bits per heavy atom. The molecular formula is C23H28N4O3. The molecule has 158 valence electrons. The number of rotatable bonds is 3. The Morgan fingerprint density at radius 2 is 1.80 bits per heavy atom. The Balaban J connectivity index is 1.44. The number of carbonyl (C=O) groups is 2. The van der Waals surface area contributed by atoms with Crippen LogP contribution in [0.4, 0.5) is 16.3 Å². The molecule has 2 fully saturated rings. The van der Waals surface area contributed by atoms with Crippen LogP contribution in [-0.2, 0) is 4.74 Å². The lowest BCUT2D eigenvalue weighted by molar-refractivity contribution is 0.0746. The van der Waals surface area contributed by atoms with Gasteiger partial charge >= 0.3 is 6.09 Å². The van der Waals surface area contributed by atoms with Crippen LogP contribution in [0.15, 0.2) is 30.5 Å². The molecular weight excluding hydrogens is 380 g/mol. The van der Waals surface area contributed by atoms with Crippen molar-refractivity contribution in [2.45, 2.75) is 33.7 Å². The topological polar surface area (TPSA) is 66.0 Å². The SMILES string of the molecule is Cc1cnc(N2CCN(C(=O)c3ccc(N4C(=O)OC[C@H]4C)c(C)c3)CC2)c(C)c1. The van der Waals surface area contributed by atoms with E-state index in [4.69, 9.17) is 4.74 Å². The van der Waals surface area contributed by atoms with Crippen LogP contribution in [0.2, 0.25) is 0 Å². The van der Waals surface area contributed by atoms with Gasteiger partial charge in [-0.3, -0.25) is 9.69 Å². The van der Waals surface area contributed by atoms with E-state index in [0.29, 0.717) is 25.3 Å². The number of hydrogen-bond acceptors (Lipinski definition) is 5. The number of hydrogen-bond donors (Lipinski definition) is 0. The fourth-order valence-electron chi connectivity index (χ4n) is 4.25. The summed E-state index contributed by atoms with van der Waals surface area (Å²) < 4.78 is 5.12. The zero-order valence-corrected chi connectivity index (χ0v) is 18.0. The van der Waals surface area contributed by atoms with Crippen LogP contribution in [0.25, 0.3) is 0 Å². The van der Waals surface area contributed by atoms with Gasteiger partial charge < -0.3 is 14.5 Å². The molecule has 7 nitrogen and oxygen atoms in total. The second kappa shape index (κ2) is 7.97. The minimum absolute atomic E-state index is 0.00957. The molecule has 0 bridgehead atoms. The number of pyridine rings is 1. The second-order valence-corrected chi connectivity index (χ2v) is 8.23. The fraction of sp³-hybridized carbons (Fsp3) is 0.435. The first kappa shape index (κ1) is 20.2. The van der Waals surface area contributed by atoms with Crippen molar-refractivity contribution < 1.29 is 14.3 Å². The van der Waals surface area contributed by atoms with Crippen molar-refractivity contribution in [3.05, 3.63) is 52.7 Å². The monoisotopic (exact) mass is 408 g/mol. The van der Waals surface area contributed by atoms with Gasteiger partial charge in [-0.15, -0.1) is 0 Å². The molecule has 2 aromatic rings. The van der Waals surface area contributed by atoms with Crippen molar-refractivity contribution in [2.24, 2.45) is 0 Å². The Morgan fingerprint density at radius 3 is 2.40 bits per heavy atom. The number of benzene rings is 1. The van der Waals surface area contributed by atoms with Gasteiger partial charge in [-0.2, -0.15) is 0 Å². The summed E-state index contributed by atoms with van der Waals surface area (Å²) in [7, 11) is 0. The van der Waals surface area contributed by atoms with Crippen molar-refractivity contribution in [3.8, 4) is 0 Å². The van der Waals surface area contributed by atoms with E-state index >= 15 is 0 Å². The summed E-state index contributed by atoms with van der Waals surface area (Å²) in [4.78, 5) is 35.4. The van der Waals surface area contributed by atoms with Gasteiger partial charge in [-0.05, 0) is 62.6 Å². The second-order valence-electron chi connectivity index (χ2n) is 8.23. The molecule has 4 rings (SSSR count). The third-order valence-electron chi connectivity index (χ3n) is 5.84. The van der Waals surface area contributed by atoms with Crippen molar-refractivity contribution in [2.75, 3.05) is 42.6 Å². The number of aryl methyl sites for hydroxylation is 3. The van der Waals surface area contributed by atoms with Crippen LogP contribution in [0.1, 0.15) is 34.0 Å². The standard InChI is InChI=1S/C23H28N4O3/c1-15-11-17(3)21(24-13-15)25-7-9-26(10-8-25)22(28)19-5-6-20(16(2)12-19)27-18(4)14-30-23(27)29/h5-6,11-13,18H,7-10,14H2,1-4H3/t18-/m1/s1. The molecule has 3 heterocycles. The van der Waals surface area contributed by atoms with Crippen LogP contribution in [0.3, 0.4) is 0 Å². The quantitative estimate of drug-likeness (QED) is 0.780. The predicted molar refractivity (Wildman–Crippen MR) is 116 cm³/mol. The van der Waals surface area contributed by atoms with Gasteiger partial charge in [-0.1, -0.05) is 6.07 Å². The van der Waals surface area contributed by atoms with Crippen LogP contribution in [-0.4, -0.2) is 60.7 Å². The van der Waals surface area contributed by atoms with Crippen LogP contribution >= 0.6 is 0 Å². The lowest BCUT2D eigenvalue weighted by Gasteiger charge is -2.36. The van der Waals surface area contributed by atoms with Gasteiger partial charge in [0.15, 0.2) is 0 Å². The van der Waals surface area contributed by atoms with E-state index in [0.717, 1.165) is 41.3 Å². The summed E-state index contributed by atoms with van der Waals surface area (Å²) in [6.07, 6.45) is 1.56. The third-order valence-corrected chi connectivity index (χ3v) is 5.84. The maximum Gasteiger partial charge on any atom is 0.414 e. The Hall–Kier alpha value is -3.09. The highest BCUT2D eigenvalue weighted by molar-refractivity contribution is 5.96. The summed E-state index contributed by atoms with van der Waals surface area (Å²) in [5.41, 5.74) is 4.66. The number of aromatic nitrogens is 1. The molecule has 0 unspecified atom stereocenters. The van der Waals surface area contributed by atoms with E-state index in [2.05, 4.69) is 22.9 Å². The summed E-state index contributed by atoms with van der Waals surface area (Å²) >= 11 is 0. The van der Waals surface area contributed by atoms with E-state index in [1.807, 2.05) is 44.0 Å². The average molecular weight is 409 g/mol. The van der Waals surface area contributed by atoms with E-state index in [9.17, 15) is 9.59 Å². The summed E-state index contributed by atoms with van der Waals surface area (Å²) in [6, 6.07) is 7.65. The molecule has 1 aromatic heterocycles. The van der Waals surface area contributed by atoms with Gasteiger partial charge in [0.05, 0.1) is 11.7 Å². The van der Waals surface area contributed by atoms with Gasteiger partial charge in [0.25, 0.3) is 5.91 Å². The normalized spacial score (nSPS) is 19.3. The summed E-state index contributed by atoms with van der Waals surface area (Å²) in [6.45, 7) is 11.2. The number of cyclic esters (lactones) is 1. The molecule has 1 atom stereocenters. The van der Waals surface area contributed by atoms with E-state index in [1.165, 1.54) is 0 Å². The van der Waals surface area contributed by atoms with Gasteiger partial charge in [0.1, 0.15) is 12.4 Å². The lowest BCUT2D eigenvalue weighted by Crippen LogP contribution is -2.49. The molecule has 0 N–H and O–H groups in total. The van der Waals surface area contributed by atoms with E-state index in [1.54, 1.807) is 11.0 Å². The zero-order valence-electron chi connectivity index (χ0n) is 18.0. The van der Waals surface area contributed by atoms with Crippen molar-refractivity contribution in [3.63, 3.8) is 0 Å². The van der Waals surface area contributed by atoms with E-state index < -0.39 is 0 Å². The molecule has 7 heteroatoms. The molecule has 0 spiro atoms. The Bertz CT molecular complexity index is 982. The fourth-order valence-corrected chi connectivity index (χ4v) is 4.25. The number of piperazine rings is 1. The molecule has 2 aliphatic heterocycles. The van der Waals surface area contributed by atoms with E-state index in [-0.39, 0.29) is 18.0 Å². The molecule has 1 aromatic carbocycles. The molecule has 2 saturated heterocycles. The van der Waals surface area contributed by atoms with Crippen LogP contribution in [0, 0.1) is 20.8 Å². The molecule has 2 amide bonds. The summed E-state index contributed by atoms with van der Waals surface area (Å²) in [5.74, 6) is 1.02. The van der Waals surface area contributed by atoms with Gasteiger partial charge in [0.2, 0.25) is 0 Å². The average Bonchev–Trinajstić information content (AvgIpc) is 3.06. The van der Waals surface area contributed by atoms with Crippen LogP contribution < -0.4 is 9.80 Å². The molecule has 0 radical (unpaired) electrons. The first-order valence-electron chi connectivity index (χ1n) is 10.4. The molecule has 30 heavy (non-hydrogen) atoms. The van der Waals surface area contributed by atoms with Crippen LogP contribution in [0.5, 0.6) is 0 Å². The number of carbonyl (C=O) groups excluding carboxylic acids is 2. The smallest absolute Gasteiger partial charge is 0.414 e. The highest BCUT2D eigenvalue weighted by Crippen LogP contribution is 2.28. The highest BCUT2D eigenvalue weighted by Gasteiger charge is 2.32. The van der Waals surface area contributed by atoms with Gasteiger partial charge in [0, 0.05) is 37.9 Å². The predicted octanol–water partition coefficient (Wildman–Crippen LogP) is 3.31. The largest absolute Gasteiger partial charge is 0.447 e. The lowest BCUT2D eigenvalue weighted by atomic mass is 10.1. The number of nitrogens with zero attached hydrogens (tertiary/aromatic N) is 4. The maximum atomic E-state index is 13.1. The molecule has 0 saturated carbocycles. The third kappa shape index (κ3) is 3.72. The highest BCUT2D eigenvalue weighted by atomic mass is 16.6. The minimum Gasteiger partial charge on any atom is -0.447 e. The number of amides is 2. The molecule has 0 aliphatic carbocycles. The number of ether oxygens (including phenoxy) is 1.